The molecule has 2 aromatic heterocycles. The van der Waals surface area contributed by atoms with E-state index in [4.69, 9.17) is 4.98 Å². The number of anilines is 1. The van der Waals surface area contributed by atoms with Crippen molar-refractivity contribution in [1.29, 1.82) is 0 Å². The fourth-order valence-electron chi connectivity index (χ4n) is 5.72. The van der Waals surface area contributed by atoms with E-state index < -0.39 is 0 Å². The first-order chi connectivity index (χ1) is 17.3. The summed E-state index contributed by atoms with van der Waals surface area (Å²) in [6.45, 7) is 11.2. The molecule has 5 rings (SSSR count). The van der Waals surface area contributed by atoms with E-state index in [0.717, 1.165) is 59.4 Å². The zero-order valence-corrected chi connectivity index (χ0v) is 22.8. The predicted octanol–water partition coefficient (Wildman–Crippen LogP) is 5.82. The maximum atomic E-state index is 13.9. The molecule has 0 saturated carbocycles. The van der Waals surface area contributed by atoms with Crippen molar-refractivity contribution >= 4 is 33.1 Å². The Balaban J connectivity index is 1.53. The van der Waals surface area contributed by atoms with Crippen molar-refractivity contribution < 1.29 is 4.79 Å². The molecule has 0 atom stereocenters. The maximum absolute atomic E-state index is 13.9. The summed E-state index contributed by atoms with van der Waals surface area (Å²) in [5.74, 6) is 1.11. The number of amides is 1. The summed E-state index contributed by atoms with van der Waals surface area (Å²) in [7, 11) is 0. The maximum Gasteiger partial charge on any atom is 0.263 e. The van der Waals surface area contributed by atoms with Gasteiger partial charge in [0, 0.05) is 10.6 Å². The molecule has 0 bridgehead atoms. The molecular formula is C29H38N4O2S. The number of hydrogen-bond donors (Lipinski definition) is 1. The Morgan fingerprint density at radius 3 is 2.36 bits per heavy atom. The summed E-state index contributed by atoms with van der Waals surface area (Å²) in [5.41, 5.74) is 4.26. The van der Waals surface area contributed by atoms with Gasteiger partial charge in [-0.2, -0.15) is 0 Å². The Morgan fingerprint density at radius 1 is 1.03 bits per heavy atom. The van der Waals surface area contributed by atoms with Crippen LogP contribution in [0.4, 0.5) is 5.69 Å². The van der Waals surface area contributed by atoms with Gasteiger partial charge in [0.2, 0.25) is 5.91 Å². The lowest BCUT2D eigenvalue weighted by Crippen LogP contribution is -2.34. The zero-order chi connectivity index (χ0) is 25.4. The van der Waals surface area contributed by atoms with E-state index in [0.29, 0.717) is 12.4 Å². The van der Waals surface area contributed by atoms with Crippen LogP contribution in [0.2, 0.25) is 0 Å². The second-order valence-electron chi connectivity index (χ2n) is 11.0. The molecule has 7 heteroatoms. The van der Waals surface area contributed by atoms with E-state index >= 15 is 0 Å². The van der Waals surface area contributed by atoms with Crippen molar-refractivity contribution in [3.63, 3.8) is 0 Å². The molecule has 1 aliphatic heterocycles. The van der Waals surface area contributed by atoms with Crippen LogP contribution >= 0.6 is 11.3 Å². The SMILES string of the molecule is CC(C)c1cccc(C(C)C)c1NC(=O)Cn1c(CN2CCCC2)nc2sc3c(c2c1=O)CCCC3. The van der Waals surface area contributed by atoms with Gasteiger partial charge >= 0.3 is 0 Å². The number of carbonyl (C=O) groups excluding carboxylic acids is 1. The fraction of sp³-hybridized carbons (Fsp3) is 0.552. The number of nitrogens with zero attached hydrogens (tertiary/aromatic N) is 3. The minimum Gasteiger partial charge on any atom is -0.324 e. The van der Waals surface area contributed by atoms with Gasteiger partial charge in [0.1, 0.15) is 17.2 Å². The highest BCUT2D eigenvalue weighted by Gasteiger charge is 2.25. The number of aromatic nitrogens is 2. The topological polar surface area (TPSA) is 67.2 Å². The Morgan fingerprint density at radius 2 is 1.69 bits per heavy atom. The van der Waals surface area contributed by atoms with Gasteiger partial charge in [-0.1, -0.05) is 45.9 Å². The predicted molar refractivity (Wildman–Crippen MR) is 148 cm³/mol. The lowest BCUT2D eigenvalue weighted by molar-refractivity contribution is -0.116. The Kier molecular flexibility index (Phi) is 7.31. The van der Waals surface area contributed by atoms with Gasteiger partial charge in [-0.25, -0.2) is 4.98 Å². The number of rotatable bonds is 7. The minimum absolute atomic E-state index is 0.0144. The first-order valence-electron chi connectivity index (χ1n) is 13.5. The van der Waals surface area contributed by atoms with Crippen molar-refractivity contribution in [2.75, 3.05) is 18.4 Å². The number of fused-ring (bicyclic) bond motifs is 3. The molecule has 0 radical (unpaired) electrons. The van der Waals surface area contributed by atoms with Crippen LogP contribution in [0.25, 0.3) is 10.2 Å². The van der Waals surface area contributed by atoms with E-state index in [1.807, 2.05) is 0 Å². The molecule has 0 unspecified atom stereocenters. The van der Waals surface area contributed by atoms with E-state index in [-0.39, 0.29) is 29.8 Å². The summed E-state index contributed by atoms with van der Waals surface area (Å²) < 4.78 is 1.66. The summed E-state index contributed by atoms with van der Waals surface area (Å²) in [6, 6.07) is 6.24. The molecule has 192 valence electrons. The third kappa shape index (κ3) is 4.88. The van der Waals surface area contributed by atoms with Gasteiger partial charge in [0.25, 0.3) is 5.56 Å². The van der Waals surface area contributed by atoms with Gasteiger partial charge < -0.3 is 5.32 Å². The first-order valence-corrected chi connectivity index (χ1v) is 14.3. The van der Waals surface area contributed by atoms with Crippen LogP contribution in [-0.2, 0) is 30.7 Å². The van der Waals surface area contributed by atoms with Crippen LogP contribution in [0, 0.1) is 0 Å². The number of hydrogen-bond acceptors (Lipinski definition) is 5. The Hall–Kier alpha value is -2.51. The summed E-state index contributed by atoms with van der Waals surface area (Å²) in [5, 5.41) is 3.95. The van der Waals surface area contributed by atoms with Crippen LogP contribution in [-0.4, -0.2) is 33.4 Å². The number of likely N-dealkylation sites (tertiary alicyclic amines) is 1. The second kappa shape index (κ2) is 10.5. The number of thiophene rings is 1. The van der Waals surface area contributed by atoms with Gasteiger partial charge in [0.15, 0.2) is 0 Å². The average molecular weight is 507 g/mol. The van der Waals surface area contributed by atoms with Crippen molar-refractivity contribution in [1.82, 2.24) is 14.5 Å². The highest BCUT2D eigenvalue weighted by molar-refractivity contribution is 7.18. The van der Waals surface area contributed by atoms with E-state index in [1.165, 1.54) is 29.7 Å². The van der Waals surface area contributed by atoms with Gasteiger partial charge in [-0.3, -0.25) is 19.1 Å². The molecule has 3 heterocycles. The molecule has 1 aromatic carbocycles. The average Bonchev–Trinajstić information content (AvgIpc) is 3.48. The minimum atomic E-state index is -0.167. The van der Waals surface area contributed by atoms with Crippen LogP contribution in [0.15, 0.2) is 23.0 Å². The van der Waals surface area contributed by atoms with E-state index in [1.54, 1.807) is 15.9 Å². The third-order valence-corrected chi connectivity index (χ3v) is 8.84. The van der Waals surface area contributed by atoms with Crippen molar-refractivity contribution in [2.24, 2.45) is 0 Å². The number of nitrogens with one attached hydrogen (secondary N) is 1. The Labute approximate surface area is 217 Å². The fourth-order valence-corrected chi connectivity index (χ4v) is 6.99. The summed E-state index contributed by atoms with van der Waals surface area (Å²) in [6.07, 6.45) is 6.59. The van der Waals surface area contributed by atoms with Crippen LogP contribution in [0.5, 0.6) is 0 Å². The zero-order valence-electron chi connectivity index (χ0n) is 22.0. The third-order valence-electron chi connectivity index (χ3n) is 7.66. The largest absolute Gasteiger partial charge is 0.324 e. The number of para-hydroxylation sites is 1. The summed E-state index contributed by atoms with van der Waals surface area (Å²) in [4.78, 5) is 37.0. The second-order valence-corrected chi connectivity index (χ2v) is 12.0. The summed E-state index contributed by atoms with van der Waals surface area (Å²) >= 11 is 1.68. The first kappa shape index (κ1) is 25.2. The quantitative estimate of drug-likeness (QED) is 0.439. The van der Waals surface area contributed by atoms with Gasteiger partial charge in [0.05, 0.1) is 11.9 Å². The number of carbonyl (C=O) groups is 1. The number of benzene rings is 1. The molecule has 1 aliphatic carbocycles. The van der Waals surface area contributed by atoms with Gasteiger partial charge in [-0.05, 0) is 80.1 Å². The monoisotopic (exact) mass is 506 g/mol. The van der Waals surface area contributed by atoms with E-state index in [2.05, 4.69) is 56.1 Å². The van der Waals surface area contributed by atoms with Crippen molar-refractivity contribution in [2.45, 2.75) is 91.1 Å². The molecule has 1 N–H and O–H groups in total. The normalized spacial score (nSPS) is 16.3. The molecule has 1 fully saturated rings. The molecule has 36 heavy (non-hydrogen) atoms. The molecule has 3 aromatic rings. The highest BCUT2D eigenvalue weighted by atomic mass is 32.1. The smallest absolute Gasteiger partial charge is 0.263 e. The lowest BCUT2D eigenvalue weighted by Gasteiger charge is -2.21. The molecule has 6 nitrogen and oxygen atoms in total. The molecule has 0 spiro atoms. The van der Waals surface area contributed by atoms with Crippen molar-refractivity contribution in [3.05, 3.63) is 55.9 Å². The van der Waals surface area contributed by atoms with Crippen LogP contribution < -0.4 is 10.9 Å². The van der Waals surface area contributed by atoms with Gasteiger partial charge in [-0.15, -0.1) is 11.3 Å². The molecule has 2 aliphatic rings. The number of aryl methyl sites for hydroxylation is 2. The highest BCUT2D eigenvalue weighted by Crippen LogP contribution is 2.35. The molecular weight excluding hydrogens is 468 g/mol. The van der Waals surface area contributed by atoms with Crippen molar-refractivity contribution in [3.8, 4) is 0 Å². The Bertz CT molecular complexity index is 1310. The van der Waals surface area contributed by atoms with Crippen LogP contribution in [0.1, 0.15) is 92.6 Å². The van der Waals surface area contributed by atoms with E-state index in [9.17, 15) is 9.59 Å². The molecule has 1 saturated heterocycles. The molecule has 1 amide bonds. The van der Waals surface area contributed by atoms with Crippen LogP contribution in [0.3, 0.4) is 0 Å². The standard InChI is InChI=1S/C29H38N4O2S/c1-18(2)20-11-9-12-21(19(3)4)27(20)31-25(34)17-33-24(16-32-14-7-8-15-32)30-28-26(29(33)35)22-10-5-6-13-23(22)36-28/h9,11-12,18-19H,5-8,10,13-17H2,1-4H3,(H,31,34). The lowest BCUT2D eigenvalue weighted by atomic mass is 9.92.